The normalized spacial score (nSPS) is 11.2. The van der Waals surface area contributed by atoms with E-state index in [4.69, 9.17) is 5.73 Å². The van der Waals surface area contributed by atoms with Crippen molar-refractivity contribution in [2.24, 2.45) is 0 Å². The molecule has 92 valence electrons. The molecule has 0 saturated heterocycles. The third-order valence-corrected chi connectivity index (χ3v) is 3.90. The number of hydrogen-bond acceptors (Lipinski definition) is 5. The first-order valence-electron chi connectivity index (χ1n) is 5.78. The van der Waals surface area contributed by atoms with Gasteiger partial charge in [0.05, 0.1) is 6.54 Å². The second-order valence-electron chi connectivity index (χ2n) is 3.98. The Balaban J connectivity index is 2.01. The summed E-state index contributed by atoms with van der Waals surface area (Å²) in [4.78, 5) is 14.3. The number of aromatic nitrogens is 4. The zero-order chi connectivity index (χ0) is 12.5. The van der Waals surface area contributed by atoms with Gasteiger partial charge < -0.3 is 5.73 Å². The number of anilines is 1. The topological polar surface area (TPSA) is 69.6 Å². The minimum atomic E-state index is 0.483. The lowest BCUT2D eigenvalue weighted by atomic mass is 10.4. The fourth-order valence-electron chi connectivity index (χ4n) is 1.85. The molecule has 0 unspecified atom stereocenters. The van der Waals surface area contributed by atoms with Crippen molar-refractivity contribution in [1.29, 1.82) is 0 Å². The van der Waals surface area contributed by atoms with Crippen LogP contribution in [0.1, 0.15) is 16.8 Å². The molecule has 0 aliphatic rings. The standard InChI is InChI=1S/C12H13N5S/c1-2-8-6-15-10(18-8)7-17-11-9(16-12(17)13)4-3-5-14-11/h3-6H,2,7H2,1H3,(H2,13,16). The minimum absolute atomic E-state index is 0.483. The zero-order valence-corrected chi connectivity index (χ0v) is 10.8. The van der Waals surface area contributed by atoms with Gasteiger partial charge in [0, 0.05) is 17.3 Å². The highest BCUT2D eigenvalue weighted by molar-refractivity contribution is 7.11. The number of nitrogen functional groups attached to an aromatic ring is 1. The molecule has 0 spiro atoms. The SMILES string of the molecule is CCc1cnc(Cn2c(N)nc3cccnc32)s1. The number of nitrogens with two attached hydrogens (primary N) is 1. The van der Waals surface area contributed by atoms with Gasteiger partial charge in [-0.15, -0.1) is 11.3 Å². The molecule has 0 saturated carbocycles. The van der Waals surface area contributed by atoms with Gasteiger partial charge >= 0.3 is 0 Å². The van der Waals surface area contributed by atoms with Crippen LogP contribution in [-0.4, -0.2) is 19.5 Å². The first-order chi connectivity index (χ1) is 8.78. The van der Waals surface area contributed by atoms with Crippen LogP contribution in [-0.2, 0) is 13.0 Å². The Morgan fingerprint density at radius 2 is 2.28 bits per heavy atom. The van der Waals surface area contributed by atoms with Crippen LogP contribution in [0.4, 0.5) is 5.95 Å². The summed E-state index contributed by atoms with van der Waals surface area (Å²) < 4.78 is 1.90. The molecule has 0 atom stereocenters. The number of fused-ring (bicyclic) bond motifs is 1. The summed E-state index contributed by atoms with van der Waals surface area (Å²) in [5.74, 6) is 0.483. The maximum absolute atomic E-state index is 5.93. The second-order valence-corrected chi connectivity index (χ2v) is 5.18. The molecule has 0 bridgehead atoms. The van der Waals surface area contributed by atoms with Gasteiger partial charge in [-0.25, -0.2) is 15.0 Å². The van der Waals surface area contributed by atoms with E-state index in [1.165, 1.54) is 4.88 Å². The Kier molecular flexibility index (Phi) is 2.71. The van der Waals surface area contributed by atoms with Gasteiger partial charge in [-0.3, -0.25) is 4.57 Å². The fraction of sp³-hybridized carbons (Fsp3) is 0.250. The molecule has 3 heterocycles. The van der Waals surface area contributed by atoms with Crippen LogP contribution in [0.2, 0.25) is 0 Å². The zero-order valence-electron chi connectivity index (χ0n) is 10.00. The van der Waals surface area contributed by atoms with Crippen molar-refractivity contribution in [2.75, 3.05) is 5.73 Å². The number of thiazole rings is 1. The minimum Gasteiger partial charge on any atom is -0.369 e. The van der Waals surface area contributed by atoms with Crippen molar-refractivity contribution in [2.45, 2.75) is 19.9 Å². The predicted molar refractivity (Wildman–Crippen MR) is 72.5 cm³/mol. The molecule has 0 aliphatic carbocycles. The average Bonchev–Trinajstić information content (AvgIpc) is 2.96. The van der Waals surface area contributed by atoms with Gasteiger partial charge in [0.15, 0.2) is 5.65 Å². The average molecular weight is 259 g/mol. The predicted octanol–water partition coefficient (Wildman–Crippen LogP) is 2.08. The molecule has 18 heavy (non-hydrogen) atoms. The molecule has 0 fully saturated rings. The lowest BCUT2D eigenvalue weighted by Crippen LogP contribution is -2.04. The van der Waals surface area contributed by atoms with E-state index >= 15 is 0 Å². The molecule has 3 aromatic rings. The van der Waals surface area contributed by atoms with Gasteiger partial charge in [-0.1, -0.05) is 6.92 Å². The van der Waals surface area contributed by atoms with Crippen molar-refractivity contribution < 1.29 is 0 Å². The Hall–Kier alpha value is -1.95. The molecule has 0 aromatic carbocycles. The number of aryl methyl sites for hydroxylation is 1. The lowest BCUT2D eigenvalue weighted by Gasteiger charge is -2.02. The van der Waals surface area contributed by atoms with E-state index in [9.17, 15) is 0 Å². The van der Waals surface area contributed by atoms with Crippen molar-refractivity contribution in [3.8, 4) is 0 Å². The first kappa shape index (κ1) is 11.2. The van der Waals surface area contributed by atoms with Crippen molar-refractivity contribution in [1.82, 2.24) is 19.5 Å². The molecule has 3 rings (SSSR count). The third kappa shape index (κ3) is 1.84. The third-order valence-electron chi connectivity index (χ3n) is 2.78. The highest BCUT2D eigenvalue weighted by Crippen LogP contribution is 2.20. The van der Waals surface area contributed by atoms with E-state index in [1.807, 2.05) is 22.9 Å². The number of nitrogens with zero attached hydrogens (tertiary/aromatic N) is 4. The molecule has 2 N–H and O–H groups in total. The number of hydrogen-bond donors (Lipinski definition) is 1. The van der Waals surface area contributed by atoms with E-state index in [-0.39, 0.29) is 0 Å². The summed E-state index contributed by atoms with van der Waals surface area (Å²) in [5, 5.41) is 1.03. The summed E-state index contributed by atoms with van der Waals surface area (Å²) in [7, 11) is 0. The summed E-state index contributed by atoms with van der Waals surface area (Å²) >= 11 is 1.71. The number of rotatable bonds is 3. The smallest absolute Gasteiger partial charge is 0.202 e. The molecule has 3 aromatic heterocycles. The molecule has 5 nitrogen and oxygen atoms in total. The molecule has 0 aliphatic heterocycles. The van der Waals surface area contributed by atoms with Gasteiger partial charge in [-0.05, 0) is 18.6 Å². The van der Waals surface area contributed by atoms with E-state index in [0.29, 0.717) is 12.5 Å². The van der Waals surface area contributed by atoms with E-state index < -0.39 is 0 Å². The largest absolute Gasteiger partial charge is 0.369 e. The Bertz CT molecular complexity index is 685. The van der Waals surface area contributed by atoms with Crippen LogP contribution in [0.5, 0.6) is 0 Å². The summed E-state index contributed by atoms with van der Waals surface area (Å²) in [6.07, 6.45) is 4.68. The number of imidazole rings is 1. The van der Waals surface area contributed by atoms with Gasteiger partial charge in [0.2, 0.25) is 5.95 Å². The quantitative estimate of drug-likeness (QED) is 0.781. The number of pyridine rings is 1. The lowest BCUT2D eigenvalue weighted by molar-refractivity contribution is 0.819. The Labute approximate surface area is 108 Å². The Morgan fingerprint density at radius 1 is 1.39 bits per heavy atom. The van der Waals surface area contributed by atoms with E-state index in [2.05, 4.69) is 21.9 Å². The summed E-state index contributed by atoms with van der Waals surface area (Å²) in [6, 6.07) is 3.77. The molecular weight excluding hydrogens is 246 g/mol. The van der Waals surface area contributed by atoms with E-state index in [0.717, 1.165) is 22.6 Å². The van der Waals surface area contributed by atoms with E-state index in [1.54, 1.807) is 17.5 Å². The molecule has 0 radical (unpaired) electrons. The van der Waals surface area contributed by atoms with Gasteiger partial charge in [-0.2, -0.15) is 0 Å². The Morgan fingerprint density at radius 3 is 3.06 bits per heavy atom. The van der Waals surface area contributed by atoms with Gasteiger partial charge in [0.25, 0.3) is 0 Å². The van der Waals surface area contributed by atoms with Crippen LogP contribution in [0.25, 0.3) is 11.2 Å². The summed E-state index contributed by atoms with van der Waals surface area (Å²) in [5.41, 5.74) is 7.56. The van der Waals surface area contributed by atoms with Gasteiger partial charge in [0.1, 0.15) is 10.5 Å². The monoisotopic (exact) mass is 259 g/mol. The van der Waals surface area contributed by atoms with Crippen molar-refractivity contribution in [3.63, 3.8) is 0 Å². The van der Waals surface area contributed by atoms with Crippen LogP contribution in [0.15, 0.2) is 24.5 Å². The van der Waals surface area contributed by atoms with Crippen LogP contribution in [0, 0.1) is 0 Å². The molecule has 0 amide bonds. The second kappa shape index (κ2) is 4.38. The maximum atomic E-state index is 5.93. The highest BCUT2D eigenvalue weighted by atomic mass is 32.1. The maximum Gasteiger partial charge on any atom is 0.202 e. The highest BCUT2D eigenvalue weighted by Gasteiger charge is 2.10. The molecular formula is C12H13N5S. The first-order valence-corrected chi connectivity index (χ1v) is 6.60. The van der Waals surface area contributed by atoms with Crippen molar-refractivity contribution in [3.05, 3.63) is 34.4 Å². The molecule has 6 heteroatoms. The van der Waals surface area contributed by atoms with Crippen LogP contribution < -0.4 is 5.73 Å². The summed E-state index contributed by atoms with van der Waals surface area (Å²) in [6.45, 7) is 2.75. The van der Waals surface area contributed by atoms with Crippen LogP contribution >= 0.6 is 11.3 Å². The fourth-order valence-corrected chi connectivity index (χ4v) is 2.70. The van der Waals surface area contributed by atoms with Crippen LogP contribution in [0.3, 0.4) is 0 Å². The van der Waals surface area contributed by atoms with Crippen molar-refractivity contribution >= 4 is 28.4 Å².